The summed E-state index contributed by atoms with van der Waals surface area (Å²) < 4.78 is 5.82. The number of aliphatic hydroxyl groups is 1. The second-order valence-corrected chi connectivity index (χ2v) is 9.56. The van der Waals surface area contributed by atoms with Gasteiger partial charge in [0, 0.05) is 37.3 Å². The molecule has 0 amide bonds. The number of aliphatic hydroxyl groups excluding tert-OH is 1. The zero-order chi connectivity index (χ0) is 24.2. The van der Waals surface area contributed by atoms with Crippen molar-refractivity contribution in [3.63, 3.8) is 0 Å². The molecule has 2 aliphatic rings. The number of rotatable bonds is 6. The fraction of sp³-hybridized carbons (Fsp3) is 0.269. The molecule has 0 aliphatic carbocycles. The molecule has 1 saturated heterocycles. The monoisotopic (exact) mass is 486 g/mol. The molecule has 5 rings (SSSR count). The summed E-state index contributed by atoms with van der Waals surface area (Å²) in [4.78, 5) is 14.1. The van der Waals surface area contributed by atoms with Crippen LogP contribution in [0, 0.1) is 11.3 Å². The minimum absolute atomic E-state index is 0.206. The number of benzene rings is 2. The van der Waals surface area contributed by atoms with E-state index in [0.29, 0.717) is 11.3 Å². The highest BCUT2D eigenvalue weighted by Crippen LogP contribution is 2.43. The first-order valence-corrected chi connectivity index (χ1v) is 12.3. The second kappa shape index (κ2) is 10.5. The van der Waals surface area contributed by atoms with Crippen molar-refractivity contribution < 1.29 is 9.84 Å². The van der Waals surface area contributed by atoms with Crippen LogP contribution in [0.4, 0.5) is 5.69 Å². The van der Waals surface area contributed by atoms with Gasteiger partial charge in [-0.25, -0.2) is 4.98 Å². The molecule has 8 nitrogen and oxygen atoms in total. The molecule has 3 heterocycles. The summed E-state index contributed by atoms with van der Waals surface area (Å²) in [5.41, 5.74) is 3.73. The number of allylic oxidation sites excluding steroid dienone is 1. The van der Waals surface area contributed by atoms with Crippen molar-refractivity contribution in [1.29, 1.82) is 5.26 Å². The Morgan fingerprint density at radius 1 is 1.14 bits per heavy atom. The van der Waals surface area contributed by atoms with Crippen molar-refractivity contribution >= 4 is 23.0 Å². The smallest absolute Gasteiger partial charge is 0.317 e. The van der Waals surface area contributed by atoms with E-state index < -0.39 is 6.23 Å². The van der Waals surface area contributed by atoms with Crippen LogP contribution in [0.3, 0.4) is 0 Å². The maximum Gasteiger partial charge on any atom is 0.317 e. The third-order valence-electron chi connectivity index (χ3n) is 6.11. The van der Waals surface area contributed by atoms with E-state index in [1.54, 1.807) is 12.3 Å². The van der Waals surface area contributed by atoms with Gasteiger partial charge in [-0.1, -0.05) is 48.2 Å². The van der Waals surface area contributed by atoms with Gasteiger partial charge in [-0.2, -0.15) is 10.2 Å². The van der Waals surface area contributed by atoms with Crippen LogP contribution < -0.4 is 10.1 Å². The average molecular weight is 487 g/mol. The topological polar surface area (TPSA) is 97.5 Å². The summed E-state index contributed by atoms with van der Waals surface area (Å²) in [5, 5.41) is 24.5. The molecule has 0 spiro atoms. The van der Waals surface area contributed by atoms with Gasteiger partial charge in [0.2, 0.25) is 0 Å². The number of para-hydroxylation sites is 1. The number of hydrogen-bond acceptors (Lipinski definition) is 9. The van der Waals surface area contributed by atoms with Crippen LogP contribution in [-0.4, -0.2) is 58.1 Å². The number of thioether (sulfide) groups is 1. The lowest BCUT2D eigenvalue weighted by atomic mass is 10.1. The summed E-state index contributed by atoms with van der Waals surface area (Å²) in [6.45, 7) is 3.88. The number of nitriles is 1. The summed E-state index contributed by atoms with van der Waals surface area (Å²) in [7, 11) is 2.10. The first-order chi connectivity index (χ1) is 17.1. The fourth-order valence-corrected chi connectivity index (χ4v) is 5.02. The highest BCUT2D eigenvalue weighted by molar-refractivity contribution is 8.04. The number of fused-ring (bicyclic) bond motifs is 1. The van der Waals surface area contributed by atoms with E-state index in [-0.39, 0.29) is 12.6 Å². The lowest BCUT2D eigenvalue weighted by molar-refractivity contribution is -0.0232. The molecule has 1 fully saturated rings. The maximum atomic E-state index is 10.7. The van der Waals surface area contributed by atoms with Crippen molar-refractivity contribution in [1.82, 2.24) is 19.8 Å². The molecular weight excluding hydrogens is 460 g/mol. The highest BCUT2D eigenvalue weighted by Gasteiger charge is 2.22. The molecule has 0 radical (unpaired) electrons. The molecule has 2 aromatic carbocycles. The quantitative estimate of drug-likeness (QED) is 0.505. The van der Waals surface area contributed by atoms with E-state index >= 15 is 0 Å². The first-order valence-electron chi connectivity index (χ1n) is 11.4. The molecule has 3 aromatic rings. The Kier molecular flexibility index (Phi) is 6.97. The van der Waals surface area contributed by atoms with Gasteiger partial charge in [-0.3, -0.25) is 4.90 Å². The van der Waals surface area contributed by atoms with Crippen LogP contribution in [0.5, 0.6) is 6.01 Å². The Morgan fingerprint density at radius 3 is 2.66 bits per heavy atom. The Labute approximate surface area is 208 Å². The van der Waals surface area contributed by atoms with Crippen LogP contribution >= 0.6 is 11.8 Å². The largest absolute Gasteiger partial charge is 0.459 e. The lowest BCUT2D eigenvalue weighted by Crippen LogP contribution is -2.45. The summed E-state index contributed by atoms with van der Waals surface area (Å²) >= 11 is 1.51. The van der Waals surface area contributed by atoms with Gasteiger partial charge in [-0.05, 0) is 36.4 Å². The Bertz CT molecular complexity index is 1240. The van der Waals surface area contributed by atoms with Crippen molar-refractivity contribution in [2.24, 2.45) is 0 Å². The molecule has 1 atom stereocenters. The predicted molar refractivity (Wildman–Crippen MR) is 135 cm³/mol. The standard InChI is InChI=1S/C26H26N6O2S/c1-31-12-14-32(15-13-31)25(33)19-8-6-18(7-9-19)17-34-26-28-11-10-21(30-26)20(16-27)24-29-22-4-2-3-5-23(22)35-24/h2-11,25,29,33H,12-15,17H2,1H3/b24-20+. The van der Waals surface area contributed by atoms with Crippen LogP contribution in [0.2, 0.25) is 0 Å². The van der Waals surface area contributed by atoms with Gasteiger partial charge in [0.15, 0.2) is 0 Å². The number of piperazine rings is 1. The van der Waals surface area contributed by atoms with Crippen LogP contribution in [0.15, 0.2) is 70.7 Å². The van der Waals surface area contributed by atoms with Crippen LogP contribution in [0.1, 0.15) is 23.0 Å². The number of nitrogens with zero attached hydrogens (tertiary/aromatic N) is 5. The summed E-state index contributed by atoms with van der Waals surface area (Å²) in [6, 6.07) is 19.8. The van der Waals surface area contributed by atoms with Crippen molar-refractivity contribution in [2.45, 2.75) is 17.7 Å². The van der Waals surface area contributed by atoms with E-state index in [1.807, 2.05) is 48.5 Å². The minimum atomic E-state index is -0.607. The van der Waals surface area contributed by atoms with Gasteiger partial charge in [0.05, 0.1) is 16.4 Å². The first kappa shape index (κ1) is 23.3. The van der Waals surface area contributed by atoms with E-state index in [2.05, 4.69) is 38.2 Å². The van der Waals surface area contributed by atoms with Gasteiger partial charge in [0.1, 0.15) is 24.5 Å². The lowest BCUT2D eigenvalue weighted by Gasteiger charge is -2.35. The van der Waals surface area contributed by atoms with Gasteiger partial charge >= 0.3 is 6.01 Å². The summed E-state index contributed by atoms with van der Waals surface area (Å²) in [5.74, 6) is 0. The molecule has 2 aliphatic heterocycles. The number of ether oxygens (including phenoxy) is 1. The zero-order valence-corrected chi connectivity index (χ0v) is 20.2. The maximum absolute atomic E-state index is 10.7. The molecule has 9 heteroatoms. The number of nitrogens with one attached hydrogen (secondary N) is 1. The Balaban J connectivity index is 1.23. The number of hydrogen-bond donors (Lipinski definition) is 2. The van der Waals surface area contributed by atoms with Crippen LogP contribution in [-0.2, 0) is 6.61 Å². The molecule has 178 valence electrons. The molecule has 1 aromatic heterocycles. The van der Waals surface area contributed by atoms with Crippen molar-refractivity contribution in [2.75, 3.05) is 38.5 Å². The molecule has 1 unspecified atom stereocenters. The van der Waals surface area contributed by atoms with E-state index in [9.17, 15) is 10.4 Å². The number of likely N-dealkylation sites (N-methyl/N-ethyl adjacent to an activating group) is 1. The third-order valence-corrected chi connectivity index (χ3v) is 7.19. The van der Waals surface area contributed by atoms with Crippen molar-refractivity contribution in [3.8, 4) is 12.1 Å². The predicted octanol–water partition coefficient (Wildman–Crippen LogP) is 3.70. The third kappa shape index (κ3) is 5.31. The van der Waals surface area contributed by atoms with Gasteiger partial charge in [-0.15, -0.1) is 0 Å². The molecule has 0 bridgehead atoms. The number of anilines is 1. The SMILES string of the molecule is CN1CCN(C(O)c2ccc(COc3nccc(/C(C#N)=C4\Nc5ccccc5S4)n3)cc2)CC1. The Morgan fingerprint density at radius 2 is 1.91 bits per heavy atom. The van der Waals surface area contributed by atoms with E-state index in [4.69, 9.17) is 4.74 Å². The molecule has 0 saturated carbocycles. The molecular formula is C26H26N6O2S. The highest BCUT2D eigenvalue weighted by atomic mass is 32.2. The van der Waals surface area contributed by atoms with Gasteiger partial charge in [0.25, 0.3) is 0 Å². The zero-order valence-electron chi connectivity index (χ0n) is 19.4. The fourth-order valence-electron chi connectivity index (χ4n) is 4.02. The van der Waals surface area contributed by atoms with E-state index in [1.165, 1.54) is 11.8 Å². The Hall–Kier alpha value is -3.42. The minimum Gasteiger partial charge on any atom is -0.459 e. The van der Waals surface area contributed by atoms with Crippen LogP contribution in [0.25, 0.3) is 5.57 Å². The second-order valence-electron chi connectivity index (χ2n) is 8.51. The molecule has 2 N–H and O–H groups in total. The molecule has 35 heavy (non-hydrogen) atoms. The van der Waals surface area contributed by atoms with Crippen molar-refractivity contribution in [3.05, 3.63) is 82.6 Å². The van der Waals surface area contributed by atoms with E-state index in [0.717, 1.165) is 52.9 Å². The normalized spacial score (nSPS) is 18.3. The number of aromatic nitrogens is 2. The van der Waals surface area contributed by atoms with Gasteiger partial charge < -0.3 is 20.1 Å². The average Bonchev–Trinajstić information content (AvgIpc) is 3.32. The summed E-state index contributed by atoms with van der Waals surface area (Å²) in [6.07, 6.45) is 0.988.